The van der Waals surface area contributed by atoms with Crippen LogP contribution in [0.2, 0.25) is 0 Å². The van der Waals surface area contributed by atoms with Gasteiger partial charge in [-0.05, 0) is 16.7 Å². The highest BCUT2D eigenvalue weighted by Gasteiger charge is 2.21. The topological polar surface area (TPSA) is 44.9 Å². The first-order chi connectivity index (χ1) is 8.28. The van der Waals surface area contributed by atoms with Crippen LogP contribution in [0.15, 0.2) is 30.6 Å². The van der Waals surface area contributed by atoms with Crippen LogP contribution in [0, 0.1) is 11.5 Å². The second-order valence-corrected chi connectivity index (χ2v) is 4.30. The molecule has 0 unspecified atom stereocenters. The molecule has 1 aliphatic rings. The first-order valence-corrected chi connectivity index (χ1v) is 5.52. The van der Waals surface area contributed by atoms with Gasteiger partial charge in [-0.2, -0.15) is 10.4 Å². The van der Waals surface area contributed by atoms with E-state index in [0.717, 1.165) is 12.1 Å². The van der Waals surface area contributed by atoms with Gasteiger partial charge in [0.1, 0.15) is 0 Å². The standard InChI is InChI=1S/C13H12N4/c1-16-6-11(5-15-16)12-4-2-3-10-7-17(9-14)8-13(10)12/h2-6H,7-8H2,1H3. The maximum Gasteiger partial charge on any atom is 0.179 e. The monoisotopic (exact) mass is 224 g/mol. The van der Waals surface area contributed by atoms with Crippen molar-refractivity contribution in [1.82, 2.24) is 14.7 Å². The van der Waals surface area contributed by atoms with Crippen molar-refractivity contribution in [3.8, 4) is 17.3 Å². The molecule has 0 amide bonds. The highest BCUT2D eigenvalue weighted by Crippen LogP contribution is 2.31. The molecule has 4 heteroatoms. The van der Waals surface area contributed by atoms with Crippen molar-refractivity contribution < 1.29 is 0 Å². The van der Waals surface area contributed by atoms with Crippen LogP contribution in [0.4, 0.5) is 0 Å². The Morgan fingerprint density at radius 3 is 2.94 bits per heavy atom. The third-order valence-corrected chi connectivity index (χ3v) is 3.14. The van der Waals surface area contributed by atoms with Crippen LogP contribution in [-0.4, -0.2) is 14.7 Å². The molecule has 0 saturated heterocycles. The van der Waals surface area contributed by atoms with Crippen molar-refractivity contribution in [2.45, 2.75) is 13.1 Å². The molecular weight excluding hydrogens is 212 g/mol. The van der Waals surface area contributed by atoms with Gasteiger partial charge in [-0.15, -0.1) is 0 Å². The maximum absolute atomic E-state index is 8.96. The Morgan fingerprint density at radius 2 is 2.24 bits per heavy atom. The fraction of sp³-hybridized carbons (Fsp3) is 0.231. The van der Waals surface area contributed by atoms with E-state index in [1.165, 1.54) is 16.7 Å². The number of aryl methyl sites for hydroxylation is 1. The normalized spacial score (nSPS) is 13.5. The zero-order valence-corrected chi connectivity index (χ0v) is 9.59. The van der Waals surface area contributed by atoms with Gasteiger partial charge in [-0.3, -0.25) is 4.68 Å². The largest absolute Gasteiger partial charge is 0.302 e. The summed E-state index contributed by atoms with van der Waals surface area (Å²) in [5.41, 5.74) is 4.80. The van der Waals surface area contributed by atoms with E-state index in [2.05, 4.69) is 23.4 Å². The third kappa shape index (κ3) is 1.56. The number of nitrogens with zero attached hydrogens (tertiary/aromatic N) is 4. The molecule has 0 spiro atoms. The lowest BCUT2D eigenvalue weighted by molar-refractivity contribution is 0.417. The molecule has 0 saturated carbocycles. The molecule has 0 bridgehead atoms. The number of rotatable bonds is 1. The Balaban J connectivity index is 2.10. The summed E-state index contributed by atoms with van der Waals surface area (Å²) in [6.07, 6.45) is 6.08. The zero-order valence-electron chi connectivity index (χ0n) is 9.59. The minimum atomic E-state index is 0.705. The van der Waals surface area contributed by atoms with Gasteiger partial charge in [0.2, 0.25) is 0 Å². The van der Waals surface area contributed by atoms with Crippen molar-refractivity contribution in [3.05, 3.63) is 41.7 Å². The van der Waals surface area contributed by atoms with Crippen molar-refractivity contribution in [1.29, 1.82) is 5.26 Å². The molecule has 4 nitrogen and oxygen atoms in total. The molecule has 0 atom stereocenters. The van der Waals surface area contributed by atoms with E-state index in [1.807, 2.05) is 25.5 Å². The molecule has 1 aliphatic heterocycles. The van der Waals surface area contributed by atoms with Crippen LogP contribution in [0.3, 0.4) is 0 Å². The molecule has 0 N–H and O–H groups in total. The van der Waals surface area contributed by atoms with Gasteiger partial charge in [0, 0.05) is 18.8 Å². The van der Waals surface area contributed by atoms with E-state index in [-0.39, 0.29) is 0 Å². The molecule has 0 fully saturated rings. The smallest absolute Gasteiger partial charge is 0.179 e. The average molecular weight is 224 g/mol. The second-order valence-electron chi connectivity index (χ2n) is 4.30. The summed E-state index contributed by atoms with van der Waals surface area (Å²) in [6.45, 7) is 1.43. The van der Waals surface area contributed by atoms with Crippen molar-refractivity contribution in [3.63, 3.8) is 0 Å². The van der Waals surface area contributed by atoms with Gasteiger partial charge in [-0.25, -0.2) is 0 Å². The van der Waals surface area contributed by atoms with Crippen LogP contribution >= 0.6 is 0 Å². The first kappa shape index (κ1) is 9.91. The lowest BCUT2D eigenvalue weighted by Gasteiger charge is -2.05. The highest BCUT2D eigenvalue weighted by molar-refractivity contribution is 5.68. The predicted octanol–water partition coefficient (Wildman–Crippen LogP) is 1.88. The Kier molecular flexibility index (Phi) is 2.12. The van der Waals surface area contributed by atoms with Crippen LogP contribution < -0.4 is 0 Å². The Bertz CT molecular complexity index is 606. The average Bonchev–Trinajstić information content (AvgIpc) is 2.93. The van der Waals surface area contributed by atoms with E-state index < -0.39 is 0 Å². The van der Waals surface area contributed by atoms with Crippen LogP contribution in [0.5, 0.6) is 0 Å². The molecule has 84 valence electrons. The van der Waals surface area contributed by atoms with Crippen molar-refractivity contribution >= 4 is 0 Å². The maximum atomic E-state index is 8.96. The summed E-state index contributed by atoms with van der Waals surface area (Å²) in [4.78, 5) is 1.77. The molecule has 0 radical (unpaired) electrons. The van der Waals surface area contributed by atoms with Crippen molar-refractivity contribution in [2.75, 3.05) is 0 Å². The minimum absolute atomic E-state index is 0.705. The summed E-state index contributed by atoms with van der Waals surface area (Å²) in [5, 5.41) is 13.2. The second kappa shape index (κ2) is 3.63. The fourth-order valence-corrected chi connectivity index (χ4v) is 2.32. The van der Waals surface area contributed by atoms with Crippen LogP contribution in [0.25, 0.3) is 11.1 Å². The molecular formula is C13H12N4. The number of hydrogen-bond donors (Lipinski definition) is 0. The lowest BCUT2D eigenvalue weighted by atomic mass is 9.99. The number of nitriles is 1. The summed E-state index contributed by atoms with van der Waals surface area (Å²) in [7, 11) is 1.91. The molecule has 3 rings (SSSR count). The lowest BCUT2D eigenvalue weighted by Crippen LogP contribution is -2.07. The number of hydrogen-bond acceptors (Lipinski definition) is 3. The van der Waals surface area contributed by atoms with E-state index in [9.17, 15) is 0 Å². The zero-order chi connectivity index (χ0) is 11.8. The molecule has 2 aromatic rings. The summed E-state index contributed by atoms with van der Waals surface area (Å²) in [6, 6.07) is 6.23. The SMILES string of the molecule is Cn1cc(-c2cccc3c2CN(C#N)C3)cn1. The molecule has 0 aliphatic carbocycles. The van der Waals surface area contributed by atoms with Crippen LogP contribution in [0.1, 0.15) is 11.1 Å². The van der Waals surface area contributed by atoms with E-state index in [1.54, 1.807) is 9.58 Å². The third-order valence-electron chi connectivity index (χ3n) is 3.14. The van der Waals surface area contributed by atoms with Crippen LogP contribution in [-0.2, 0) is 20.1 Å². The number of fused-ring (bicyclic) bond motifs is 1. The quantitative estimate of drug-likeness (QED) is 0.695. The summed E-state index contributed by atoms with van der Waals surface area (Å²) in [5.74, 6) is 0. The Morgan fingerprint density at radius 1 is 1.35 bits per heavy atom. The summed E-state index contributed by atoms with van der Waals surface area (Å²) >= 11 is 0. The minimum Gasteiger partial charge on any atom is -0.302 e. The molecule has 17 heavy (non-hydrogen) atoms. The van der Waals surface area contributed by atoms with E-state index in [4.69, 9.17) is 5.26 Å². The first-order valence-electron chi connectivity index (χ1n) is 5.52. The van der Waals surface area contributed by atoms with Gasteiger partial charge < -0.3 is 4.90 Å². The summed E-state index contributed by atoms with van der Waals surface area (Å²) < 4.78 is 1.80. The van der Waals surface area contributed by atoms with Gasteiger partial charge >= 0.3 is 0 Å². The fourth-order valence-electron chi connectivity index (χ4n) is 2.32. The number of aromatic nitrogens is 2. The Labute approximate surface area is 99.7 Å². The van der Waals surface area contributed by atoms with Gasteiger partial charge in [0.25, 0.3) is 0 Å². The van der Waals surface area contributed by atoms with Crippen molar-refractivity contribution in [2.24, 2.45) is 7.05 Å². The molecule has 2 heterocycles. The molecule has 1 aromatic carbocycles. The highest BCUT2D eigenvalue weighted by atomic mass is 15.2. The Hall–Kier alpha value is -2.28. The predicted molar refractivity (Wildman–Crippen MR) is 63.5 cm³/mol. The van der Waals surface area contributed by atoms with Gasteiger partial charge in [0.15, 0.2) is 6.19 Å². The van der Waals surface area contributed by atoms with Gasteiger partial charge in [-0.1, -0.05) is 18.2 Å². The molecule has 1 aromatic heterocycles. The van der Waals surface area contributed by atoms with E-state index in [0.29, 0.717) is 6.54 Å². The number of benzene rings is 1. The van der Waals surface area contributed by atoms with E-state index >= 15 is 0 Å². The van der Waals surface area contributed by atoms with Gasteiger partial charge in [0.05, 0.1) is 19.3 Å².